The molecule has 0 aromatic carbocycles. The van der Waals surface area contributed by atoms with Crippen LogP contribution in [-0.4, -0.2) is 25.3 Å². The third kappa shape index (κ3) is 5.39. The van der Waals surface area contributed by atoms with Crippen molar-refractivity contribution in [1.29, 1.82) is 0 Å². The van der Waals surface area contributed by atoms with Crippen LogP contribution < -0.4 is 5.32 Å². The normalized spacial score (nSPS) is 28.1. The van der Waals surface area contributed by atoms with Crippen LogP contribution in [0.4, 0.5) is 0 Å². The molecule has 1 aliphatic carbocycles. The minimum atomic E-state index is -0.0181. The molecule has 1 unspecified atom stereocenters. The second-order valence-corrected chi connectivity index (χ2v) is 6.51. The Balaban J connectivity index is 2.35. The summed E-state index contributed by atoms with van der Waals surface area (Å²) in [5, 5.41) is 3.45. The zero-order valence-electron chi connectivity index (χ0n) is 12.4. The molecule has 17 heavy (non-hydrogen) atoms. The number of rotatable bonds is 5. The molecule has 2 heteroatoms. The number of hydrogen-bond acceptors (Lipinski definition) is 2. The Morgan fingerprint density at radius 1 is 1.18 bits per heavy atom. The third-order valence-corrected chi connectivity index (χ3v) is 4.10. The second kappa shape index (κ2) is 6.75. The average molecular weight is 241 g/mol. The molecule has 0 spiro atoms. The van der Waals surface area contributed by atoms with Crippen LogP contribution in [0.5, 0.6) is 0 Å². The molecule has 0 aromatic rings. The molecule has 0 aromatic heterocycles. The van der Waals surface area contributed by atoms with Crippen LogP contribution in [0.2, 0.25) is 0 Å². The molecule has 102 valence electrons. The molecule has 0 amide bonds. The zero-order chi connectivity index (χ0) is 12.9. The highest BCUT2D eigenvalue weighted by Gasteiger charge is 2.27. The third-order valence-electron chi connectivity index (χ3n) is 4.10. The van der Waals surface area contributed by atoms with Gasteiger partial charge in [-0.05, 0) is 52.5 Å². The van der Waals surface area contributed by atoms with Gasteiger partial charge < -0.3 is 10.1 Å². The molecule has 0 radical (unpaired) electrons. The lowest BCUT2D eigenvalue weighted by Gasteiger charge is -2.34. The number of hydrogen-bond donors (Lipinski definition) is 1. The molecule has 1 saturated carbocycles. The van der Waals surface area contributed by atoms with Crippen molar-refractivity contribution < 1.29 is 4.74 Å². The van der Waals surface area contributed by atoms with Crippen molar-refractivity contribution >= 4 is 0 Å². The fourth-order valence-corrected chi connectivity index (χ4v) is 2.79. The highest BCUT2D eigenvalue weighted by Crippen LogP contribution is 2.32. The molecular formula is C15H31NO. The van der Waals surface area contributed by atoms with E-state index in [-0.39, 0.29) is 5.60 Å². The standard InChI is InChI=1S/C15H31NO/c1-6-12-7-9-13(10-8-12)14(16-5)11-17-15(2,3)4/h12-14,16H,6-11H2,1-5H3. The number of likely N-dealkylation sites (N-methyl/N-ethyl adjacent to an activating group) is 1. The number of ether oxygens (including phenoxy) is 1. The van der Waals surface area contributed by atoms with E-state index in [1.165, 1.54) is 32.1 Å². The van der Waals surface area contributed by atoms with Gasteiger partial charge >= 0.3 is 0 Å². The monoisotopic (exact) mass is 241 g/mol. The van der Waals surface area contributed by atoms with Gasteiger partial charge in [0, 0.05) is 6.04 Å². The summed E-state index contributed by atoms with van der Waals surface area (Å²) < 4.78 is 5.93. The molecule has 0 aliphatic heterocycles. The van der Waals surface area contributed by atoms with Gasteiger partial charge in [0.2, 0.25) is 0 Å². The molecule has 1 rings (SSSR count). The summed E-state index contributed by atoms with van der Waals surface area (Å²) in [6, 6.07) is 0.534. The lowest BCUT2D eigenvalue weighted by molar-refractivity contribution is -0.0246. The predicted molar refractivity (Wildman–Crippen MR) is 74.3 cm³/mol. The van der Waals surface area contributed by atoms with Crippen molar-refractivity contribution in [2.75, 3.05) is 13.7 Å². The van der Waals surface area contributed by atoms with Crippen molar-refractivity contribution in [1.82, 2.24) is 5.32 Å². The van der Waals surface area contributed by atoms with Crippen LogP contribution in [-0.2, 0) is 4.74 Å². The lowest BCUT2D eigenvalue weighted by atomic mass is 9.78. The van der Waals surface area contributed by atoms with E-state index in [9.17, 15) is 0 Å². The van der Waals surface area contributed by atoms with E-state index in [0.717, 1.165) is 18.4 Å². The van der Waals surface area contributed by atoms with Gasteiger partial charge in [0.05, 0.1) is 12.2 Å². The van der Waals surface area contributed by atoms with E-state index >= 15 is 0 Å². The first kappa shape index (κ1) is 15.0. The first-order valence-corrected chi connectivity index (χ1v) is 7.27. The van der Waals surface area contributed by atoms with Gasteiger partial charge in [-0.2, -0.15) is 0 Å². The van der Waals surface area contributed by atoms with Crippen molar-refractivity contribution in [3.63, 3.8) is 0 Å². The molecule has 0 bridgehead atoms. The first-order chi connectivity index (χ1) is 7.96. The van der Waals surface area contributed by atoms with E-state index in [1.54, 1.807) is 0 Å². The fourth-order valence-electron chi connectivity index (χ4n) is 2.79. The quantitative estimate of drug-likeness (QED) is 0.794. The molecule has 2 nitrogen and oxygen atoms in total. The van der Waals surface area contributed by atoms with Crippen LogP contribution >= 0.6 is 0 Å². The van der Waals surface area contributed by atoms with Gasteiger partial charge in [-0.1, -0.05) is 26.2 Å². The lowest BCUT2D eigenvalue weighted by Crippen LogP contribution is -2.41. The predicted octanol–water partition coefficient (Wildman–Crippen LogP) is 3.61. The smallest absolute Gasteiger partial charge is 0.0629 e. The largest absolute Gasteiger partial charge is 0.374 e. The van der Waals surface area contributed by atoms with Gasteiger partial charge in [0.25, 0.3) is 0 Å². The highest BCUT2D eigenvalue weighted by atomic mass is 16.5. The minimum Gasteiger partial charge on any atom is -0.374 e. The van der Waals surface area contributed by atoms with Gasteiger partial charge in [-0.25, -0.2) is 0 Å². The van der Waals surface area contributed by atoms with E-state index in [1.807, 2.05) is 0 Å². The topological polar surface area (TPSA) is 21.3 Å². The summed E-state index contributed by atoms with van der Waals surface area (Å²) in [5.41, 5.74) is -0.0181. The Hall–Kier alpha value is -0.0800. The molecule has 1 N–H and O–H groups in total. The molecule has 1 atom stereocenters. The zero-order valence-corrected chi connectivity index (χ0v) is 12.4. The van der Waals surface area contributed by atoms with Gasteiger partial charge in [-0.15, -0.1) is 0 Å². The Morgan fingerprint density at radius 3 is 2.18 bits per heavy atom. The average Bonchev–Trinajstić information content (AvgIpc) is 2.29. The maximum Gasteiger partial charge on any atom is 0.0629 e. The van der Waals surface area contributed by atoms with Crippen molar-refractivity contribution in [3.05, 3.63) is 0 Å². The Kier molecular flexibility index (Phi) is 5.94. The molecular weight excluding hydrogens is 210 g/mol. The Labute approximate surface area is 108 Å². The van der Waals surface area contributed by atoms with E-state index in [2.05, 4.69) is 40.1 Å². The summed E-state index contributed by atoms with van der Waals surface area (Å²) in [6.07, 6.45) is 6.92. The number of nitrogens with one attached hydrogen (secondary N) is 1. The van der Waals surface area contributed by atoms with E-state index < -0.39 is 0 Å². The summed E-state index contributed by atoms with van der Waals surface area (Å²) in [7, 11) is 2.07. The summed E-state index contributed by atoms with van der Waals surface area (Å²) in [4.78, 5) is 0. The Bertz CT molecular complexity index is 201. The van der Waals surface area contributed by atoms with Crippen LogP contribution in [0, 0.1) is 11.8 Å². The maximum absolute atomic E-state index is 5.93. The molecule has 0 saturated heterocycles. The van der Waals surface area contributed by atoms with E-state index in [4.69, 9.17) is 4.74 Å². The maximum atomic E-state index is 5.93. The first-order valence-electron chi connectivity index (χ1n) is 7.27. The molecule has 0 heterocycles. The van der Waals surface area contributed by atoms with E-state index in [0.29, 0.717) is 6.04 Å². The molecule has 1 fully saturated rings. The van der Waals surface area contributed by atoms with Gasteiger partial charge in [0.1, 0.15) is 0 Å². The molecule has 1 aliphatic rings. The SMILES string of the molecule is CCC1CCC(C(COC(C)(C)C)NC)CC1. The van der Waals surface area contributed by atoms with Crippen molar-refractivity contribution in [3.8, 4) is 0 Å². The summed E-state index contributed by atoms with van der Waals surface area (Å²) >= 11 is 0. The van der Waals surface area contributed by atoms with Gasteiger partial charge in [-0.3, -0.25) is 0 Å². The Morgan fingerprint density at radius 2 is 1.76 bits per heavy atom. The van der Waals surface area contributed by atoms with Crippen LogP contribution in [0.15, 0.2) is 0 Å². The van der Waals surface area contributed by atoms with Crippen LogP contribution in [0.1, 0.15) is 59.8 Å². The minimum absolute atomic E-state index is 0.0181. The fraction of sp³-hybridized carbons (Fsp3) is 1.00. The van der Waals surface area contributed by atoms with Gasteiger partial charge in [0.15, 0.2) is 0 Å². The van der Waals surface area contributed by atoms with Crippen molar-refractivity contribution in [2.24, 2.45) is 11.8 Å². The second-order valence-electron chi connectivity index (χ2n) is 6.51. The van der Waals surface area contributed by atoms with Crippen LogP contribution in [0.25, 0.3) is 0 Å². The van der Waals surface area contributed by atoms with Crippen LogP contribution in [0.3, 0.4) is 0 Å². The summed E-state index contributed by atoms with van der Waals surface area (Å²) in [5.74, 6) is 1.79. The highest BCUT2D eigenvalue weighted by molar-refractivity contribution is 4.81. The summed E-state index contributed by atoms with van der Waals surface area (Å²) in [6.45, 7) is 9.57. The van der Waals surface area contributed by atoms with Crippen molar-refractivity contribution in [2.45, 2.75) is 71.4 Å².